The number of esters is 1. The first-order valence-corrected chi connectivity index (χ1v) is 9.67. The molecule has 7 N–H and O–H groups in total. The Morgan fingerprint density at radius 1 is 1.31 bits per heavy atom. The lowest BCUT2D eigenvalue weighted by atomic mass is 9.99. The number of aromatic amines is 1. The standard InChI is InChI=1S/C21H24N6O5/c1-11(19-14-6-13(25-21(23)31)3-4-15(14)26-20(19)30)16-5-12(8-24-16)9-27(10-28)17(22)7-18(29)32-2/h3-6,8,10,17,24H,7,9,22H2,1-2H3,(H,26,30)(H3,23,25,31). The Balaban J connectivity index is 1.86. The largest absolute Gasteiger partial charge is 0.469 e. The van der Waals surface area contributed by atoms with E-state index in [1.165, 1.54) is 12.0 Å². The number of H-pyrrole nitrogens is 1. The molecule has 11 nitrogen and oxygen atoms in total. The van der Waals surface area contributed by atoms with E-state index in [0.29, 0.717) is 40.2 Å². The monoisotopic (exact) mass is 440 g/mol. The number of rotatable bonds is 8. The summed E-state index contributed by atoms with van der Waals surface area (Å²) in [6, 6.07) is 6.08. The third-order valence-corrected chi connectivity index (χ3v) is 5.08. The minimum atomic E-state index is -0.832. The number of allylic oxidation sites excluding steroid dienone is 1. The molecule has 1 aromatic heterocycles. The van der Waals surface area contributed by atoms with E-state index < -0.39 is 18.2 Å². The van der Waals surface area contributed by atoms with E-state index in [1.54, 1.807) is 37.4 Å². The molecule has 0 spiro atoms. The summed E-state index contributed by atoms with van der Waals surface area (Å²) in [5, 5.41) is 5.29. The van der Waals surface area contributed by atoms with E-state index in [0.717, 1.165) is 5.56 Å². The van der Waals surface area contributed by atoms with Crippen LogP contribution < -0.4 is 22.1 Å². The van der Waals surface area contributed by atoms with Crippen LogP contribution in [0.4, 0.5) is 16.2 Å². The molecule has 0 radical (unpaired) electrons. The first-order chi connectivity index (χ1) is 15.2. The fourth-order valence-corrected chi connectivity index (χ4v) is 3.46. The van der Waals surface area contributed by atoms with Gasteiger partial charge in [0.15, 0.2) is 0 Å². The number of nitrogens with zero attached hydrogens (tertiary/aromatic N) is 1. The average molecular weight is 440 g/mol. The van der Waals surface area contributed by atoms with Crippen molar-refractivity contribution in [2.45, 2.75) is 26.1 Å². The van der Waals surface area contributed by atoms with Crippen molar-refractivity contribution >= 4 is 46.8 Å². The number of hydrogen-bond acceptors (Lipinski definition) is 6. The molecule has 2 heterocycles. The van der Waals surface area contributed by atoms with Gasteiger partial charge >= 0.3 is 12.0 Å². The number of urea groups is 1. The van der Waals surface area contributed by atoms with Gasteiger partial charge in [-0.2, -0.15) is 0 Å². The maximum absolute atomic E-state index is 12.6. The van der Waals surface area contributed by atoms with Gasteiger partial charge in [-0.25, -0.2) is 4.79 Å². The molecule has 1 aliphatic rings. The summed E-state index contributed by atoms with van der Waals surface area (Å²) in [5.74, 6) is -0.796. The maximum Gasteiger partial charge on any atom is 0.316 e. The molecule has 0 aliphatic carbocycles. The summed E-state index contributed by atoms with van der Waals surface area (Å²) < 4.78 is 4.58. The third-order valence-electron chi connectivity index (χ3n) is 5.08. The molecule has 0 bridgehead atoms. The van der Waals surface area contributed by atoms with Crippen LogP contribution in [0, 0.1) is 0 Å². The highest BCUT2D eigenvalue weighted by molar-refractivity contribution is 6.36. The molecular weight excluding hydrogens is 416 g/mol. The average Bonchev–Trinajstić information content (AvgIpc) is 3.34. The normalized spacial score (nSPS) is 14.8. The lowest BCUT2D eigenvalue weighted by Crippen LogP contribution is -2.42. The molecule has 2 aromatic rings. The summed E-state index contributed by atoms with van der Waals surface area (Å²) in [7, 11) is 1.25. The number of aromatic nitrogens is 1. The number of primary amides is 1. The quantitative estimate of drug-likeness (QED) is 0.178. The van der Waals surface area contributed by atoms with Gasteiger partial charge in [0, 0.05) is 35.4 Å². The van der Waals surface area contributed by atoms with Crippen molar-refractivity contribution in [2.75, 3.05) is 17.7 Å². The van der Waals surface area contributed by atoms with E-state index in [9.17, 15) is 19.2 Å². The summed E-state index contributed by atoms with van der Waals surface area (Å²) in [4.78, 5) is 51.0. The Labute approximate surface area is 183 Å². The van der Waals surface area contributed by atoms with Crippen molar-refractivity contribution in [1.29, 1.82) is 0 Å². The Morgan fingerprint density at radius 3 is 2.72 bits per heavy atom. The van der Waals surface area contributed by atoms with Gasteiger partial charge < -0.3 is 36.7 Å². The minimum Gasteiger partial charge on any atom is -0.469 e. The molecule has 1 aliphatic heterocycles. The fourth-order valence-electron chi connectivity index (χ4n) is 3.46. The van der Waals surface area contributed by atoms with Crippen LogP contribution in [0.15, 0.2) is 30.5 Å². The van der Waals surface area contributed by atoms with Crippen LogP contribution >= 0.6 is 0 Å². The summed E-state index contributed by atoms with van der Waals surface area (Å²) in [6.45, 7) is 1.95. The van der Waals surface area contributed by atoms with Crippen LogP contribution in [-0.4, -0.2) is 47.5 Å². The fraction of sp³-hybridized carbons (Fsp3) is 0.238. The van der Waals surface area contributed by atoms with Crippen LogP contribution in [0.5, 0.6) is 0 Å². The molecule has 1 aromatic carbocycles. The Kier molecular flexibility index (Phi) is 6.59. The Hall–Kier alpha value is -4.12. The number of benzene rings is 1. The summed E-state index contributed by atoms with van der Waals surface area (Å²) in [6.07, 6.45) is 1.30. The number of carbonyl (C=O) groups is 4. The lowest BCUT2D eigenvalue weighted by molar-refractivity contribution is -0.142. The second kappa shape index (κ2) is 9.35. The molecule has 3 rings (SSSR count). The van der Waals surface area contributed by atoms with Crippen LogP contribution in [0.3, 0.4) is 0 Å². The van der Waals surface area contributed by atoms with Crippen molar-refractivity contribution in [2.24, 2.45) is 11.5 Å². The first kappa shape index (κ1) is 22.6. The van der Waals surface area contributed by atoms with Gasteiger partial charge in [0.25, 0.3) is 5.91 Å². The van der Waals surface area contributed by atoms with Crippen LogP contribution in [-0.2, 0) is 25.7 Å². The smallest absolute Gasteiger partial charge is 0.316 e. The van der Waals surface area contributed by atoms with Gasteiger partial charge in [0.1, 0.15) is 0 Å². The van der Waals surface area contributed by atoms with E-state index in [1.807, 2.05) is 0 Å². The number of anilines is 2. The molecule has 0 fully saturated rings. The van der Waals surface area contributed by atoms with Gasteiger partial charge in [0.2, 0.25) is 6.41 Å². The van der Waals surface area contributed by atoms with Crippen molar-refractivity contribution in [1.82, 2.24) is 9.88 Å². The minimum absolute atomic E-state index is 0.131. The molecular formula is C21H24N6O5. The van der Waals surface area contributed by atoms with Crippen LogP contribution in [0.25, 0.3) is 11.1 Å². The zero-order valence-corrected chi connectivity index (χ0v) is 17.6. The van der Waals surface area contributed by atoms with Crippen molar-refractivity contribution < 1.29 is 23.9 Å². The number of carbonyl (C=O) groups excluding carboxylic acids is 4. The van der Waals surface area contributed by atoms with E-state index >= 15 is 0 Å². The van der Waals surface area contributed by atoms with Gasteiger partial charge in [0.05, 0.1) is 25.3 Å². The van der Waals surface area contributed by atoms with Crippen molar-refractivity contribution in [3.05, 3.63) is 47.3 Å². The van der Waals surface area contributed by atoms with Crippen LogP contribution in [0.1, 0.15) is 30.2 Å². The predicted molar refractivity (Wildman–Crippen MR) is 118 cm³/mol. The van der Waals surface area contributed by atoms with Gasteiger partial charge in [-0.1, -0.05) is 0 Å². The maximum atomic E-state index is 12.6. The molecule has 32 heavy (non-hydrogen) atoms. The highest BCUT2D eigenvalue weighted by Crippen LogP contribution is 2.38. The van der Waals surface area contributed by atoms with Crippen molar-refractivity contribution in [3.8, 4) is 0 Å². The molecule has 1 unspecified atom stereocenters. The van der Waals surface area contributed by atoms with Crippen molar-refractivity contribution in [3.63, 3.8) is 0 Å². The Morgan fingerprint density at radius 2 is 2.06 bits per heavy atom. The number of fused-ring (bicyclic) bond motifs is 1. The van der Waals surface area contributed by atoms with E-state index in [-0.39, 0.29) is 18.9 Å². The lowest BCUT2D eigenvalue weighted by Gasteiger charge is -2.23. The summed E-state index contributed by atoms with van der Waals surface area (Å²) in [5.41, 5.74) is 15.3. The van der Waals surface area contributed by atoms with E-state index in [4.69, 9.17) is 11.5 Å². The van der Waals surface area contributed by atoms with Gasteiger partial charge in [-0.05, 0) is 42.3 Å². The third kappa shape index (κ3) is 4.78. The van der Waals surface area contributed by atoms with Gasteiger partial charge in [-0.15, -0.1) is 0 Å². The predicted octanol–water partition coefficient (Wildman–Crippen LogP) is 1.19. The SMILES string of the molecule is COC(=O)CC(N)N(C=O)Cc1c[nH]c(C(C)=C2C(=O)Nc3ccc(NC(N)=O)cc32)c1. The molecule has 4 amide bonds. The van der Waals surface area contributed by atoms with E-state index in [2.05, 4.69) is 20.4 Å². The van der Waals surface area contributed by atoms with Gasteiger partial charge in [-0.3, -0.25) is 14.4 Å². The highest BCUT2D eigenvalue weighted by atomic mass is 16.5. The molecule has 0 saturated heterocycles. The molecule has 168 valence electrons. The molecule has 0 saturated carbocycles. The number of amides is 4. The number of nitrogens with two attached hydrogens (primary N) is 2. The second-order valence-electron chi connectivity index (χ2n) is 7.25. The number of nitrogens with one attached hydrogen (secondary N) is 3. The number of hydrogen-bond donors (Lipinski definition) is 5. The Bertz CT molecular complexity index is 1110. The molecule has 11 heteroatoms. The first-order valence-electron chi connectivity index (χ1n) is 9.67. The summed E-state index contributed by atoms with van der Waals surface area (Å²) >= 11 is 0. The zero-order valence-electron chi connectivity index (χ0n) is 17.6. The zero-order chi connectivity index (χ0) is 23.4. The molecule has 1 atom stereocenters. The number of ether oxygens (including phenoxy) is 1. The topological polar surface area (TPSA) is 173 Å². The second-order valence-corrected chi connectivity index (χ2v) is 7.25. The van der Waals surface area contributed by atoms with Crippen LogP contribution in [0.2, 0.25) is 0 Å². The number of methoxy groups -OCH3 is 1. The highest BCUT2D eigenvalue weighted by Gasteiger charge is 2.27.